The first-order chi connectivity index (χ1) is 10.0. The summed E-state index contributed by atoms with van der Waals surface area (Å²) >= 11 is 6.31. The number of hydrogen-bond acceptors (Lipinski definition) is 5. The first-order valence-corrected chi connectivity index (χ1v) is 6.47. The molecule has 0 amide bonds. The Morgan fingerprint density at radius 2 is 2.10 bits per heavy atom. The van der Waals surface area contributed by atoms with Crippen LogP contribution in [0.3, 0.4) is 0 Å². The van der Waals surface area contributed by atoms with E-state index in [1.165, 1.54) is 12.4 Å². The van der Waals surface area contributed by atoms with Crippen LogP contribution in [0.1, 0.15) is 21.8 Å². The quantitative estimate of drug-likeness (QED) is 0.781. The molecule has 0 aliphatic rings. The SMILES string of the molecule is Cc1noc(C)c1-c1c(Cl)c(C(=O)O)cc2cncnc12. The molecule has 2 aromatic heterocycles. The first-order valence-electron chi connectivity index (χ1n) is 6.09. The molecule has 0 bridgehead atoms. The smallest absolute Gasteiger partial charge is 0.337 e. The summed E-state index contributed by atoms with van der Waals surface area (Å²) in [6.45, 7) is 3.51. The molecule has 0 aliphatic carbocycles. The van der Waals surface area contributed by atoms with Gasteiger partial charge < -0.3 is 9.63 Å². The average molecular weight is 304 g/mol. The molecule has 0 spiro atoms. The van der Waals surface area contributed by atoms with Crippen LogP contribution in [-0.4, -0.2) is 26.2 Å². The van der Waals surface area contributed by atoms with E-state index in [1.807, 2.05) is 0 Å². The molecule has 3 rings (SSSR count). The van der Waals surface area contributed by atoms with Crippen LogP contribution in [0.15, 0.2) is 23.1 Å². The molecule has 106 valence electrons. The second kappa shape index (κ2) is 4.82. The Morgan fingerprint density at radius 3 is 2.71 bits per heavy atom. The van der Waals surface area contributed by atoms with E-state index in [0.29, 0.717) is 33.5 Å². The minimum absolute atomic E-state index is 0.00559. The second-order valence-corrected chi connectivity index (χ2v) is 4.96. The van der Waals surface area contributed by atoms with Gasteiger partial charge >= 0.3 is 5.97 Å². The first kappa shape index (κ1) is 13.5. The van der Waals surface area contributed by atoms with Crippen LogP contribution in [0.25, 0.3) is 22.0 Å². The summed E-state index contributed by atoms with van der Waals surface area (Å²) in [4.78, 5) is 19.5. The van der Waals surface area contributed by atoms with Gasteiger partial charge in [0.1, 0.15) is 12.1 Å². The van der Waals surface area contributed by atoms with Crippen molar-refractivity contribution in [3.63, 3.8) is 0 Å². The predicted molar refractivity (Wildman–Crippen MR) is 76.5 cm³/mol. The lowest BCUT2D eigenvalue weighted by Crippen LogP contribution is -2.01. The topological polar surface area (TPSA) is 89.1 Å². The fourth-order valence-corrected chi connectivity index (χ4v) is 2.66. The third-order valence-corrected chi connectivity index (χ3v) is 3.64. The zero-order chi connectivity index (χ0) is 15.1. The van der Waals surface area contributed by atoms with Gasteiger partial charge in [0.2, 0.25) is 0 Å². The van der Waals surface area contributed by atoms with Gasteiger partial charge in [0.15, 0.2) is 0 Å². The van der Waals surface area contributed by atoms with Crippen LogP contribution in [-0.2, 0) is 0 Å². The largest absolute Gasteiger partial charge is 0.478 e. The summed E-state index contributed by atoms with van der Waals surface area (Å²) in [5, 5.41) is 13.9. The fraction of sp³-hybridized carbons (Fsp3) is 0.143. The molecule has 0 atom stereocenters. The highest BCUT2D eigenvalue weighted by Gasteiger charge is 2.23. The lowest BCUT2D eigenvalue weighted by molar-refractivity contribution is 0.0697. The van der Waals surface area contributed by atoms with Crippen molar-refractivity contribution < 1.29 is 14.4 Å². The number of aryl methyl sites for hydroxylation is 2. The van der Waals surface area contributed by atoms with Crippen molar-refractivity contribution >= 4 is 28.5 Å². The maximum Gasteiger partial charge on any atom is 0.337 e. The molecule has 3 aromatic rings. The normalized spacial score (nSPS) is 11.0. The highest BCUT2D eigenvalue weighted by Crippen LogP contribution is 2.39. The van der Waals surface area contributed by atoms with Gasteiger partial charge in [0.05, 0.1) is 27.4 Å². The van der Waals surface area contributed by atoms with Crippen LogP contribution < -0.4 is 0 Å². The molecule has 21 heavy (non-hydrogen) atoms. The number of rotatable bonds is 2. The number of carbonyl (C=O) groups is 1. The van der Waals surface area contributed by atoms with Crippen molar-refractivity contribution in [2.24, 2.45) is 0 Å². The zero-order valence-electron chi connectivity index (χ0n) is 11.2. The molecule has 2 heterocycles. The number of aromatic nitrogens is 3. The van der Waals surface area contributed by atoms with Gasteiger partial charge in [-0.15, -0.1) is 0 Å². The minimum Gasteiger partial charge on any atom is -0.478 e. The van der Waals surface area contributed by atoms with Crippen molar-refractivity contribution in [1.82, 2.24) is 15.1 Å². The van der Waals surface area contributed by atoms with Gasteiger partial charge in [-0.05, 0) is 19.9 Å². The Morgan fingerprint density at radius 1 is 1.33 bits per heavy atom. The number of halogens is 1. The molecule has 1 N–H and O–H groups in total. The van der Waals surface area contributed by atoms with Gasteiger partial charge in [-0.25, -0.2) is 14.8 Å². The highest BCUT2D eigenvalue weighted by molar-refractivity contribution is 6.38. The van der Waals surface area contributed by atoms with Crippen molar-refractivity contribution in [1.29, 1.82) is 0 Å². The Hall–Kier alpha value is -2.47. The van der Waals surface area contributed by atoms with E-state index in [1.54, 1.807) is 20.0 Å². The predicted octanol–water partition coefficient (Wildman–Crippen LogP) is 3.25. The Labute approximate surface area is 124 Å². The second-order valence-electron chi connectivity index (χ2n) is 4.58. The molecule has 7 heteroatoms. The Balaban J connectivity index is 2.51. The molecule has 0 fully saturated rings. The van der Waals surface area contributed by atoms with Crippen LogP contribution >= 0.6 is 11.6 Å². The van der Waals surface area contributed by atoms with Crippen LogP contribution in [0.4, 0.5) is 0 Å². The Kier molecular flexibility index (Phi) is 3.10. The van der Waals surface area contributed by atoms with Crippen molar-refractivity contribution in [3.8, 4) is 11.1 Å². The summed E-state index contributed by atoms with van der Waals surface area (Å²) in [5.74, 6) is -0.560. The number of fused-ring (bicyclic) bond motifs is 1. The number of carboxylic acids is 1. The van der Waals surface area contributed by atoms with E-state index in [0.717, 1.165) is 0 Å². The third kappa shape index (κ3) is 2.04. The summed E-state index contributed by atoms with van der Waals surface area (Å²) in [7, 11) is 0. The molecule has 1 aromatic carbocycles. The minimum atomic E-state index is -1.11. The lowest BCUT2D eigenvalue weighted by Gasteiger charge is -2.10. The van der Waals surface area contributed by atoms with Crippen molar-refractivity contribution in [2.45, 2.75) is 13.8 Å². The van der Waals surface area contributed by atoms with Crippen LogP contribution in [0.5, 0.6) is 0 Å². The van der Waals surface area contributed by atoms with E-state index in [9.17, 15) is 9.90 Å². The molecule has 0 radical (unpaired) electrons. The fourth-order valence-electron chi connectivity index (χ4n) is 2.34. The van der Waals surface area contributed by atoms with E-state index >= 15 is 0 Å². The standard InChI is InChI=1S/C14H10ClN3O3/c1-6-10(7(2)21-18-6)11-12(15)9(14(19)20)3-8-4-16-5-17-13(8)11/h3-5H,1-2H3,(H,19,20). The molecule has 0 saturated heterocycles. The number of aromatic carboxylic acids is 1. The zero-order valence-corrected chi connectivity index (χ0v) is 12.0. The molecular formula is C14H10ClN3O3. The third-order valence-electron chi connectivity index (χ3n) is 3.25. The van der Waals surface area contributed by atoms with E-state index in [2.05, 4.69) is 15.1 Å². The van der Waals surface area contributed by atoms with Crippen LogP contribution in [0.2, 0.25) is 5.02 Å². The van der Waals surface area contributed by atoms with Crippen LogP contribution in [0, 0.1) is 13.8 Å². The monoisotopic (exact) mass is 303 g/mol. The maximum atomic E-state index is 11.4. The molecule has 0 saturated carbocycles. The van der Waals surface area contributed by atoms with Gasteiger partial charge in [0, 0.05) is 17.1 Å². The van der Waals surface area contributed by atoms with Gasteiger partial charge in [0.25, 0.3) is 0 Å². The maximum absolute atomic E-state index is 11.4. The average Bonchev–Trinajstić information content (AvgIpc) is 2.78. The lowest BCUT2D eigenvalue weighted by atomic mass is 9.98. The van der Waals surface area contributed by atoms with E-state index in [-0.39, 0.29) is 10.6 Å². The van der Waals surface area contributed by atoms with Gasteiger partial charge in [-0.3, -0.25) is 0 Å². The summed E-state index contributed by atoms with van der Waals surface area (Å²) in [6.07, 6.45) is 2.94. The molecule has 0 unspecified atom stereocenters. The van der Waals surface area contributed by atoms with E-state index < -0.39 is 5.97 Å². The van der Waals surface area contributed by atoms with Gasteiger partial charge in [-0.1, -0.05) is 16.8 Å². The molecule has 6 nitrogen and oxygen atoms in total. The molecule has 0 aliphatic heterocycles. The van der Waals surface area contributed by atoms with Crippen molar-refractivity contribution in [3.05, 3.63) is 40.6 Å². The summed E-state index contributed by atoms with van der Waals surface area (Å²) in [6, 6.07) is 1.46. The summed E-state index contributed by atoms with van der Waals surface area (Å²) in [5.41, 5.74) is 2.34. The number of nitrogens with zero attached hydrogens (tertiary/aromatic N) is 3. The van der Waals surface area contributed by atoms with E-state index in [4.69, 9.17) is 16.1 Å². The highest BCUT2D eigenvalue weighted by atomic mass is 35.5. The number of hydrogen-bond donors (Lipinski definition) is 1. The molecular weight excluding hydrogens is 294 g/mol. The van der Waals surface area contributed by atoms with Gasteiger partial charge in [-0.2, -0.15) is 0 Å². The number of benzene rings is 1. The number of carboxylic acid groups (broad SMARTS) is 1. The van der Waals surface area contributed by atoms with Crippen molar-refractivity contribution in [2.75, 3.05) is 0 Å². The summed E-state index contributed by atoms with van der Waals surface area (Å²) < 4.78 is 5.15. The Bertz CT molecular complexity index is 854.